The van der Waals surface area contributed by atoms with E-state index in [0.29, 0.717) is 18.9 Å². The van der Waals surface area contributed by atoms with E-state index in [1.165, 1.54) is 16.8 Å². The van der Waals surface area contributed by atoms with Gasteiger partial charge in [0.05, 0.1) is 6.54 Å². The van der Waals surface area contributed by atoms with Crippen molar-refractivity contribution >= 4 is 5.91 Å². The van der Waals surface area contributed by atoms with Crippen molar-refractivity contribution in [2.75, 3.05) is 0 Å². The predicted molar refractivity (Wildman–Crippen MR) is 114 cm³/mol. The Kier molecular flexibility index (Phi) is 6.91. The molecule has 0 unspecified atom stereocenters. The molecule has 0 aliphatic carbocycles. The third-order valence-corrected chi connectivity index (χ3v) is 5.15. The summed E-state index contributed by atoms with van der Waals surface area (Å²) in [5.41, 5.74) is 3.75. The molecule has 0 aliphatic heterocycles. The second-order valence-corrected chi connectivity index (χ2v) is 9.36. The smallest absolute Gasteiger partial charge is 0.223 e. The quantitative estimate of drug-likeness (QED) is 0.619. The largest absolute Gasteiger partial charge is 0.345 e. The van der Waals surface area contributed by atoms with Crippen LogP contribution in [0.1, 0.15) is 64.8 Å². The average Bonchev–Trinajstić information content (AvgIpc) is 2.97. The van der Waals surface area contributed by atoms with Gasteiger partial charge < -0.3 is 9.47 Å². The number of rotatable bonds is 7. The minimum absolute atomic E-state index is 0.00437. The van der Waals surface area contributed by atoms with Crippen LogP contribution in [0, 0.1) is 18.3 Å². The van der Waals surface area contributed by atoms with Crippen molar-refractivity contribution in [2.24, 2.45) is 11.3 Å². The molecule has 2 aromatic rings. The molecule has 1 atom stereocenters. The van der Waals surface area contributed by atoms with Gasteiger partial charge >= 0.3 is 0 Å². The second-order valence-electron chi connectivity index (χ2n) is 9.36. The summed E-state index contributed by atoms with van der Waals surface area (Å²) < 4.78 is 2.26. The summed E-state index contributed by atoms with van der Waals surface area (Å²) in [6.07, 6.45) is 2.69. The normalized spacial score (nSPS) is 13.0. The molecule has 2 rings (SSSR count). The molecule has 1 aromatic carbocycles. The molecule has 27 heavy (non-hydrogen) atoms. The molecule has 0 N–H and O–H groups in total. The standard InChI is InChI=1S/C24H36N2O/c1-18(2)20(4)26(23(27)15-24(5,6)7)17-22-12-9-13-25(22)16-21-11-8-10-19(3)14-21/h8-14,18,20H,15-17H2,1-7H3/t20-/m1/s1. The third-order valence-electron chi connectivity index (χ3n) is 5.15. The zero-order chi connectivity index (χ0) is 20.2. The average molecular weight is 369 g/mol. The van der Waals surface area contributed by atoms with Crippen LogP contribution in [0.4, 0.5) is 0 Å². The molecule has 148 valence electrons. The highest BCUT2D eigenvalue weighted by atomic mass is 16.2. The molecule has 0 fully saturated rings. The summed E-state index contributed by atoms with van der Waals surface area (Å²) >= 11 is 0. The topological polar surface area (TPSA) is 25.2 Å². The fraction of sp³-hybridized carbons (Fsp3) is 0.542. The van der Waals surface area contributed by atoms with Crippen LogP contribution >= 0.6 is 0 Å². The number of carbonyl (C=O) groups excluding carboxylic acids is 1. The van der Waals surface area contributed by atoms with Crippen molar-refractivity contribution in [3.05, 3.63) is 59.4 Å². The van der Waals surface area contributed by atoms with E-state index in [1.807, 2.05) is 0 Å². The minimum atomic E-state index is -0.00437. The molecule has 0 saturated carbocycles. The van der Waals surface area contributed by atoms with Gasteiger partial charge in [0.15, 0.2) is 0 Å². The molecule has 1 amide bonds. The Balaban J connectivity index is 2.22. The van der Waals surface area contributed by atoms with Crippen LogP contribution in [-0.4, -0.2) is 21.4 Å². The van der Waals surface area contributed by atoms with Gasteiger partial charge in [0, 0.05) is 30.9 Å². The lowest BCUT2D eigenvalue weighted by atomic mass is 9.91. The monoisotopic (exact) mass is 368 g/mol. The first kappa shape index (κ1) is 21.3. The van der Waals surface area contributed by atoms with Crippen molar-refractivity contribution in [3.8, 4) is 0 Å². The van der Waals surface area contributed by atoms with Gasteiger partial charge in [0.25, 0.3) is 0 Å². The van der Waals surface area contributed by atoms with Gasteiger partial charge in [-0.05, 0) is 42.9 Å². The zero-order valence-corrected chi connectivity index (χ0v) is 18.1. The maximum Gasteiger partial charge on any atom is 0.223 e. The van der Waals surface area contributed by atoms with Crippen molar-refractivity contribution in [3.63, 3.8) is 0 Å². The second kappa shape index (κ2) is 8.77. The predicted octanol–water partition coefficient (Wildman–Crippen LogP) is 5.65. The Labute approximate surface area is 165 Å². The third kappa shape index (κ3) is 6.27. The summed E-state index contributed by atoms with van der Waals surface area (Å²) in [7, 11) is 0. The first-order valence-corrected chi connectivity index (χ1v) is 10.1. The fourth-order valence-corrected chi connectivity index (χ4v) is 3.30. The Morgan fingerprint density at radius 1 is 1.11 bits per heavy atom. The number of hydrogen-bond donors (Lipinski definition) is 0. The molecular formula is C24H36N2O. The lowest BCUT2D eigenvalue weighted by Crippen LogP contribution is -2.42. The highest BCUT2D eigenvalue weighted by molar-refractivity contribution is 5.77. The van der Waals surface area contributed by atoms with Crippen molar-refractivity contribution in [2.45, 2.75) is 74.0 Å². The van der Waals surface area contributed by atoms with Crippen LogP contribution in [0.5, 0.6) is 0 Å². The lowest BCUT2D eigenvalue weighted by Gasteiger charge is -2.34. The molecular weight excluding hydrogens is 332 g/mol. The van der Waals surface area contributed by atoms with Crippen LogP contribution in [-0.2, 0) is 17.9 Å². The van der Waals surface area contributed by atoms with Crippen LogP contribution in [0.25, 0.3) is 0 Å². The van der Waals surface area contributed by atoms with Crippen molar-refractivity contribution in [1.29, 1.82) is 0 Å². The van der Waals surface area contributed by atoms with Gasteiger partial charge in [-0.15, -0.1) is 0 Å². The summed E-state index contributed by atoms with van der Waals surface area (Å²) in [6.45, 7) is 16.5. The highest BCUT2D eigenvalue weighted by Crippen LogP contribution is 2.24. The molecule has 0 saturated heterocycles. The van der Waals surface area contributed by atoms with Gasteiger partial charge in [-0.25, -0.2) is 0 Å². The summed E-state index contributed by atoms with van der Waals surface area (Å²) in [5.74, 6) is 0.668. The van der Waals surface area contributed by atoms with Crippen LogP contribution in [0.2, 0.25) is 0 Å². The molecule has 0 radical (unpaired) electrons. The maximum absolute atomic E-state index is 13.1. The van der Waals surface area contributed by atoms with Gasteiger partial charge in [-0.1, -0.05) is 64.4 Å². The first-order chi connectivity index (χ1) is 12.6. The molecule has 1 heterocycles. The van der Waals surface area contributed by atoms with E-state index in [-0.39, 0.29) is 17.4 Å². The molecule has 3 nitrogen and oxygen atoms in total. The number of nitrogens with zero attached hydrogens (tertiary/aromatic N) is 2. The van der Waals surface area contributed by atoms with E-state index in [2.05, 4.69) is 101 Å². The van der Waals surface area contributed by atoms with E-state index in [0.717, 1.165) is 6.54 Å². The Morgan fingerprint density at radius 2 is 1.81 bits per heavy atom. The summed E-state index contributed by atoms with van der Waals surface area (Å²) in [4.78, 5) is 15.1. The van der Waals surface area contributed by atoms with E-state index in [1.54, 1.807) is 0 Å². The van der Waals surface area contributed by atoms with Gasteiger partial charge in [0.2, 0.25) is 5.91 Å². The van der Waals surface area contributed by atoms with E-state index in [4.69, 9.17) is 0 Å². The lowest BCUT2D eigenvalue weighted by molar-refractivity contribution is -0.136. The maximum atomic E-state index is 13.1. The minimum Gasteiger partial charge on any atom is -0.345 e. The first-order valence-electron chi connectivity index (χ1n) is 10.1. The van der Waals surface area contributed by atoms with Crippen molar-refractivity contribution in [1.82, 2.24) is 9.47 Å². The Morgan fingerprint density at radius 3 is 2.41 bits per heavy atom. The van der Waals surface area contributed by atoms with Gasteiger partial charge in [-0.3, -0.25) is 4.79 Å². The zero-order valence-electron chi connectivity index (χ0n) is 18.1. The van der Waals surface area contributed by atoms with Crippen LogP contribution in [0.3, 0.4) is 0 Å². The molecule has 0 bridgehead atoms. The van der Waals surface area contributed by atoms with Gasteiger partial charge in [-0.2, -0.15) is 0 Å². The number of aryl methyl sites for hydroxylation is 1. The number of benzene rings is 1. The molecule has 1 aromatic heterocycles. The fourth-order valence-electron chi connectivity index (χ4n) is 3.30. The van der Waals surface area contributed by atoms with Crippen LogP contribution < -0.4 is 0 Å². The SMILES string of the molecule is Cc1cccc(Cn2cccc2CN(C(=O)CC(C)(C)C)[C@H](C)C(C)C)c1. The summed E-state index contributed by atoms with van der Waals surface area (Å²) in [6, 6.07) is 13.0. The summed E-state index contributed by atoms with van der Waals surface area (Å²) in [5, 5.41) is 0. The van der Waals surface area contributed by atoms with E-state index >= 15 is 0 Å². The van der Waals surface area contributed by atoms with Crippen LogP contribution in [0.15, 0.2) is 42.6 Å². The molecule has 0 spiro atoms. The Hall–Kier alpha value is -2.03. The molecule has 0 aliphatic rings. The number of carbonyl (C=O) groups is 1. The van der Waals surface area contributed by atoms with E-state index in [9.17, 15) is 4.79 Å². The number of aromatic nitrogens is 1. The number of hydrogen-bond acceptors (Lipinski definition) is 1. The van der Waals surface area contributed by atoms with Gasteiger partial charge in [0.1, 0.15) is 0 Å². The highest BCUT2D eigenvalue weighted by Gasteiger charge is 2.27. The van der Waals surface area contributed by atoms with Crippen molar-refractivity contribution < 1.29 is 4.79 Å². The number of amides is 1. The van der Waals surface area contributed by atoms with E-state index < -0.39 is 0 Å². The molecule has 3 heteroatoms. The Bertz CT molecular complexity index is 752.